The lowest BCUT2D eigenvalue weighted by molar-refractivity contribution is -0.119. The Bertz CT molecular complexity index is 678. The van der Waals surface area contributed by atoms with Crippen molar-refractivity contribution in [3.05, 3.63) is 29.6 Å². The quantitative estimate of drug-likeness (QED) is 0.706. The number of ether oxygens (including phenoxy) is 1. The van der Waals surface area contributed by atoms with E-state index in [1.807, 2.05) is 0 Å². The molecule has 0 bridgehead atoms. The van der Waals surface area contributed by atoms with Gasteiger partial charge in [0.15, 0.2) is 17.4 Å². The Kier molecular flexibility index (Phi) is 7.21. The summed E-state index contributed by atoms with van der Waals surface area (Å²) >= 11 is 0. The first-order valence-corrected chi connectivity index (χ1v) is 10.2. The van der Waals surface area contributed by atoms with E-state index in [9.17, 15) is 18.0 Å². The molecule has 2 N–H and O–H groups in total. The van der Waals surface area contributed by atoms with E-state index >= 15 is 0 Å². The fourth-order valence-corrected chi connectivity index (χ4v) is 4.57. The van der Waals surface area contributed by atoms with Gasteiger partial charge in [0.2, 0.25) is 11.7 Å². The van der Waals surface area contributed by atoms with Crippen LogP contribution in [0.5, 0.6) is 5.75 Å². The molecule has 156 valence electrons. The van der Waals surface area contributed by atoms with Gasteiger partial charge in [0.1, 0.15) is 6.10 Å². The molecule has 0 radical (unpaired) electrons. The van der Waals surface area contributed by atoms with Crippen LogP contribution in [0.1, 0.15) is 51.4 Å². The number of rotatable bonds is 7. The van der Waals surface area contributed by atoms with Crippen LogP contribution in [-0.4, -0.2) is 36.5 Å². The fourth-order valence-electron chi connectivity index (χ4n) is 4.57. The summed E-state index contributed by atoms with van der Waals surface area (Å²) in [7, 11) is 0. The third-order valence-corrected chi connectivity index (χ3v) is 6.17. The number of hydrogen-bond donors (Lipinski definition) is 1. The van der Waals surface area contributed by atoms with Gasteiger partial charge in [0.05, 0.1) is 0 Å². The van der Waals surface area contributed by atoms with Crippen LogP contribution in [0.4, 0.5) is 13.2 Å². The summed E-state index contributed by atoms with van der Waals surface area (Å²) in [5.41, 5.74) is 5.40. The first-order valence-electron chi connectivity index (χ1n) is 10.2. The summed E-state index contributed by atoms with van der Waals surface area (Å²) in [6, 6.07) is 2.03. The Morgan fingerprint density at radius 2 is 1.71 bits per heavy atom. The van der Waals surface area contributed by atoms with Gasteiger partial charge in [-0.2, -0.15) is 4.39 Å². The smallest absolute Gasteiger partial charge is 0.217 e. The van der Waals surface area contributed by atoms with Crippen molar-refractivity contribution in [2.45, 2.75) is 57.5 Å². The minimum absolute atomic E-state index is 0.201. The largest absolute Gasteiger partial charge is 0.487 e. The maximum Gasteiger partial charge on any atom is 0.217 e. The van der Waals surface area contributed by atoms with Crippen LogP contribution in [-0.2, 0) is 4.79 Å². The lowest BCUT2D eigenvalue weighted by Crippen LogP contribution is -2.40. The molecule has 2 unspecified atom stereocenters. The summed E-state index contributed by atoms with van der Waals surface area (Å²) in [5, 5.41) is 0. The van der Waals surface area contributed by atoms with E-state index in [2.05, 4.69) is 4.90 Å². The van der Waals surface area contributed by atoms with Gasteiger partial charge < -0.3 is 15.4 Å². The molecule has 1 aromatic carbocycles. The molecule has 3 rings (SSSR count). The van der Waals surface area contributed by atoms with Crippen LogP contribution in [0, 0.1) is 29.3 Å². The number of benzene rings is 1. The number of carbonyl (C=O) groups is 1. The highest BCUT2D eigenvalue weighted by Gasteiger charge is 2.28. The van der Waals surface area contributed by atoms with E-state index in [-0.39, 0.29) is 17.8 Å². The lowest BCUT2D eigenvalue weighted by Gasteiger charge is -2.35. The fraction of sp³-hybridized carbons (Fsp3) is 0.667. The molecule has 1 saturated carbocycles. The summed E-state index contributed by atoms with van der Waals surface area (Å²) in [6.07, 6.45) is 7.42. The molecule has 0 aromatic heterocycles. The number of nitrogens with two attached hydrogens (primary N) is 1. The Hall–Kier alpha value is -1.76. The van der Waals surface area contributed by atoms with Crippen molar-refractivity contribution in [1.29, 1.82) is 0 Å². The van der Waals surface area contributed by atoms with Gasteiger partial charge in [-0.1, -0.05) is 19.3 Å². The standard InChI is InChI=1S/C21H29F3N2O2/c22-17-5-6-18(21(24)20(17)23)28-16-8-11-26(12-9-16)10-7-14-3-1-2-4-15(14)13-19(25)27/h5-6,14-16H,1-4,7-13H2,(H2,25,27). The Morgan fingerprint density at radius 1 is 1.04 bits per heavy atom. The topological polar surface area (TPSA) is 55.6 Å². The van der Waals surface area contributed by atoms with Gasteiger partial charge in [-0.3, -0.25) is 4.79 Å². The highest BCUT2D eigenvalue weighted by atomic mass is 19.2. The van der Waals surface area contributed by atoms with Crippen molar-refractivity contribution in [1.82, 2.24) is 4.90 Å². The van der Waals surface area contributed by atoms with Gasteiger partial charge in [-0.15, -0.1) is 0 Å². The molecular formula is C21H29F3N2O2. The number of likely N-dealkylation sites (tertiary alicyclic amines) is 1. The minimum Gasteiger partial charge on any atom is -0.487 e. The molecule has 28 heavy (non-hydrogen) atoms. The summed E-state index contributed by atoms with van der Waals surface area (Å²) in [6.45, 7) is 2.61. The third-order valence-electron chi connectivity index (χ3n) is 6.17. The molecule has 2 aliphatic rings. The van der Waals surface area contributed by atoms with Crippen molar-refractivity contribution in [2.24, 2.45) is 17.6 Å². The van der Waals surface area contributed by atoms with E-state index in [0.717, 1.165) is 51.0 Å². The molecule has 7 heteroatoms. The monoisotopic (exact) mass is 398 g/mol. The number of piperidine rings is 1. The Morgan fingerprint density at radius 3 is 2.39 bits per heavy atom. The van der Waals surface area contributed by atoms with Crippen LogP contribution < -0.4 is 10.5 Å². The Balaban J connectivity index is 1.44. The minimum atomic E-state index is -1.49. The van der Waals surface area contributed by atoms with Crippen LogP contribution >= 0.6 is 0 Å². The van der Waals surface area contributed by atoms with Crippen molar-refractivity contribution >= 4 is 5.91 Å². The number of nitrogens with zero attached hydrogens (tertiary/aromatic N) is 1. The van der Waals surface area contributed by atoms with Crippen LogP contribution in [0.3, 0.4) is 0 Å². The average molecular weight is 398 g/mol. The molecule has 2 fully saturated rings. The zero-order valence-electron chi connectivity index (χ0n) is 16.1. The van der Waals surface area contributed by atoms with E-state index in [4.69, 9.17) is 10.5 Å². The maximum absolute atomic E-state index is 13.8. The summed E-state index contributed by atoms with van der Waals surface area (Å²) in [5.74, 6) is -3.45. The maximum atomic E-state index is 13.8. The second-order valence-electron chi connectivity index (χ2n) is 8.10. The Labute approximate surface area is 164 Å². The van der Waals surface area contributed by atoms with Crippen molar-refractivity contribution in [2.75, 3.05) is 19.6 Å². The van der Waals surface area contributed by atoms with Crippen LogP contribution in [0.2, 0.25) is 0 Å². The van der Waals surface area contributed by atoms with Crippen LogP contribution in [0.15, 0.2) is 12.1 Å². The lowest BCUT2D eigenvalue weighted by atomic mass is 9.75. The molecule has 1 heterocycles. The normalized spacial score (nSPS) is 24.2. The summed E-state index contributed by atoms with van der Waals surface area (Å²) < 4.78 is 45.7. The zero-order chi connectivity index (χ0) is 20.1. The number of hydrogen-bond acceptors (Lipinski definition) is 3. The summed E-state index contributed by atoms with van der Waals surface area (Å²) in [4.78, 5) is 13.7. The SMILES string of the molecule is NC(=O)CC1CCCCC1CCN1CCC(Oc2ccc(F)c(F)c2F)CC1. The average Bonchev–Trinajstić information content (AvgIpc) is 2.68. The number of primary amides is 1. The van der Waals surface area contributed by atoms with Gasteiger partial charge in [-0.25, -0.2) is 8.78 Å². The predicted octanol–water partition coefficient (Wildman–Crippen LogP) is 4.02. The number of amides is 1. The van der Waals surface area contributed by atoms with E-state index in [0.29, 0.717) is 31.1 Å². The van der Waals surface area contributed by atoms with E-state index in [1.165, 1.54) is 12.8 Å². The van der Waals surface area contributed by atoms with Gasteiger partial charge in [0, 0.05) is 19.5 Å². The first-order chi connectivity index (χ1) is 13.4. The second-order valence-corrected chi connectivity index (χ2v) is 8.10. The molecule has 2 atom stereocenters. The molecular weight excluding hydrogens is 369 g/mol. The van der Waals surface area contributed by atoms with Gasteiger partial charge in [0.25, 0.3) is 0 Å². The predicted molar refractivity (Wildman–Crippen MR) is 100 cm³/mol. The van der Waals surface area contributed by atoms with E-state index < -0.39 is 17.5 Å². The molecule has 1 aliphatic carbocycles. The highest BCUT2D eigenvalue weighted by molar-refractivity contribution is 5.74. The molecule has 1 aromatic rings. The van der Waals surface area contributed by atoms with Crippen molar-refractivity contribution in [3.8, 4) is 5.75 Å². The molecule has 0 spiro atoms. The second kappa shape index (κ2) is 9.63. The molecule has 4 nitrogen and oxygen atoms in total. The zero-order valence-corrected chi connectivity index (χ0v) is 16.1. The van der Waals surface area contributed by atoms with Crippen molar-refractivity contribution in [3.63, 3.8) is 0 Å². The number of halogens is 3. The molecule has 1 aliphatic heterocycles. The molecule has 1 saturated heterocycles. The highest BCUT2D eigenvalue weighted by Crippen LogP contribution is 2.35. The third kappa shape index (κ3) is 5.40. The van der Waals surface area contributed by atoms with Crippen LogP contribution in [0.25, 0.3) is 0 Å². The molecule has 1 amide bonds. The first kappa shape index (κ1) is 21.0. The van der Waals surface area contributed by atoms with Gasteiger partial charge in [-0.05, 0) is 56.2 Å². The van der Waals surface area contributed by atoms with Crippen molar-refractivity contribution < 1.29 is 22.7 Å². The van der Waals surface area contributed by atoms with E-state index in [1.54, 1.807) is 0 Å². The number of carbonyl (C=O) groups excluding carboxylic acids is 1. The van der Waals surface area contributed by atoms with Gasteiger partial charge >= 0.3 is 0 Å².